The Bertz CT molecular complexity index is 285. The third-order valence-corrected chi connectivity index (χ3v) is 2.44. The number of methoxy groups -OCH3 is 1. The number of hydrogen-bond acceptors (Lipinski definition) is 3. The maximum Gasteiger partial charge on any atom is 0.224 e. The molecule has 80 valence electrons. The van der Waals surface area contributed by atoms with Crippen molar-refractivity contribution in [2.45, 2.75) is 26.8 Å². The Kier molecular flexibility index (Phi) is 3.89. The molecule has 0 aromatic carbocycles. The minimum absolute atomic E-state index is 0.141. The minimum Gasteiger partial charge on any atom is -0.385 e. The summed E-state index contributed by atoms with van der Waals surface area (Å²) in [7, 11) is 1.71. The van der Waals surface area contributed by atoms with E-state index in [4.69, 9.17) is 16.3 Å². The van der Waals surface area contributed by atoms with E-state index in [2.05, 4.69) is 24.0 Å². The minimum atomic E-state index is 0.141. The van der Waals surface area contributed by atoms with Gasteiger partial charge in [-0.2, -0.15) is 0 Å². The van der Waals surface area contributed by atoms with Crippen LogP contribution in [-0.4, -0.2) is 28.5 Å². The zero-order chi connectivity index (χ0) is 10.6. The lowest BCUT2D eigenvalue weighted by atomic mass is 9.90. The van der Waals surface area contributed by atoms with E-state index in [1.54, 1.807) is 13.4 Å². The molecule has 0 radical (unpaired) electrons. The highest BCUT2D eigenvalue weighted by atomic mass is 35.5. The summed E-state index contributed by atoms with van der Waals surface area (Å²) < 4.78 is 6.90. The molecule has 5 heteroatoms. The van der Waals surface area contributed by atoms with Gasteiger partial charge in [0.2, 0.25) is 5.28 Å². The van der Waals surface area contributed by atoms with E-state index in [1.165, 1.54) is 0 Å². The van der Waals surface area contributed by atoms with Gasteiger partial charge in [0.25, 0.3) is 0 Å². The highest BCUT2D eigenvalue weighted by Gasteiger charge is 2.19. The summed E-state index contributed by atoms with van der Waals surface area (Å²) in [6, 6.07) is 0. The lowest BCUT2D eigenvalue weighted by molar-refractivity contribution is 0.142. The Hall–Kier alpha value is -0.610. The fourth-order valence-corrected chi connectivity index (χ4v) is 1.41. The van der Waals surface area contributed by atoms with Crippen molar-refractivity contribution in [1.29, 1.82) is 0 Å². The van der Waals surface area contributed by atoms with Crippen LogP contribution in [0.1, 0.15) is 20.3 Å². The maximum atomic E-state index is 5.84. The van der Waals surface area contributed by atoms with E-state index < -0.39 is 0 Å². The van der Waals surface area contributed by atoms with Crippen LogP contribution in [0.15, 0.2) is 6.33 Å². The molecule has 0 spiro atoms. The molecule has 0 aliphatic carbocycles. The lowest BCUT2D eigenvalue weighted by Crippen LogP contribution is -2.21. The van der Waals surface area contributed by atoms with Gasteiger partial charge >= 0.3 is 0 Å². The summed E-state index contributed by atoms with van der Waals surface area (Å²) in [5.41, 5.74) is 0.141. The molecular formula is C9H16ClN3O. The van der Waals surface area contributed by atoms with Crippen LogP contribution >= 0.6 is 11.6 Å². The second-order valence-corrected chi connectivity index (χ2v) is 4.47. The van der Waals surface area contributed by atoms with E-state index in [0.29, 0.717) is 5.28 Å². The molecule has 1 heterocycles. The predicted molar refractivity (Wildman–Crippen MR) is 55.3 cm³/mol. The molecule has 0 saturated heterocycles. The van der Waals surface area contributed by atoms with Gasteiger partial charge in [-0.25, -0.2) is 0 Å². The van der Waals surface area contributed by atoms with E-state index in [1.807, 2.05) is 4.57 Å². The van der Waals surface area contributed by atoms with Gasteiger partial charge in [-0.05, 0) is 23.4 Å². The quantitative estimate of drug-likeness (QED) is 0.758. The van der Waals surface area contributed by atoms with Gasteiger partial charge in [0.05, 0.1) is 0 Å². The fraction of sp³-hybridized carbons (Fsp3) is 0.778. The molecule has 1 aromatic heterocycles. The summed E-state index contributed by atoms with van der Waals surface area (Å²) >= 11 is 5.84. The Labute approximate surface area is 89.2 Å². The van der Waals surface area contributed by atoms with Crippen LogP contribution in [-0.2, 0) is 11.3 Å². The molecule has 0 N–H and O–H groups in total. The Balaban J connectivity index is 2.54. The van der Waals surface area contributed by atoms with E-state index in [9.17, 15) is 0 Å². The molecule has 0 aliphatic rings. The average Bonchev–Trinajstić information content (AvgIpc) is 2.48. The molecule has 0 saturated carbocycles. The first kappa shape index (κ1) is 11.5. The highest BCUT2D eigenvalue weighted by Crippen LogP contribution is 2.23. The van der Waals surface area contributed by atoms with Crippen LogP contribution in [0, 0.1) is 5.41 Å². The lowest BCUT2D eigenvalue weighted by Gasteiger charge is -2.24. The molecule has 4 nitrogen and oxygen atoms in total. The Morgan fingerprint density at radius 2 is 2.29 bits per heavy atom. The standard InChI is InChI=1S/C9H16ClN3O/c1-9(2,4-5-14-3)6-13-7-11-12-8(13)10/h7H,4-6H2,1-3H3. The molecule has 0 fully saturated rings. The fourth-order valence-electron chi connectivity index (χ4n) is 1.27. The Morgan fingerprint density at radius 3 is 2.79 bits per heavy atom. The van der Waals surface area contributed by atoms with Crippen molar-refractivity contribution < 1.29 is 4.74 Å². The number of hydrogen-bond donors (Lipinski definition) is 0. The third kappa shape index (κ3) is 3.27. The van der Waals surface area contributed by atoms with E-state index in [0.717, 1.165) is 19.6 Å². The van der Waals surface area contributed by atoms with Crippen LogP contribution in [0.5, 0.6) is 0 Å². The first-order valence-corrected chi connectivity index (χ1v) is 4.95. The SMILES string of the molecule is COCCC(C)(C)Cn1cnnc1Cl. The van der Waals surface area contributed by atoms with Crippen LogP contribution in [0.25, 0.3) is 0 Å². The average molecular weight is 218 g/mol. The van der Waals surface area contributed by atoms with Gasteiger partial charge < -0.3 is 9.30 Å². The molecule has 1 rings (SSSR count). The second-order valence-electron chi connectivity index (χ2n) is 4.13. The van der Waals surface area contributed by atoms with Crippen molar-refractivity contribution in [3.05, 3.63) is 11.6 Å². The van der Waals surface area contributed by atoms with Crippen LogP contribution in [0.2, 0.25) is 5.28 Å². The van der Waals surface area contributed by atoms with Crippen molar-refractivity contribution in [3.63, 3.8) is 0 Å². The third-order valence-electron chi connectivity index (χ3n) is 2.15. The molecule has 0 amide bonds. The first-order valence-electron chi connectivity index (χ1n) is 4.57. The van der Waals surface area contributed by atoms with Gasteiger partial charge in [-0.15, -0.1) is 10.2 Å². The summed E-state index contributed by atoms with van der Waals surface area (Å²) in [6.45, 7) is 5.90. The topological polar surface area (TPSA) is 39.9 Å². The Morgan fingerprint density at radius 1 is 1.57 bits per heavy atom. The van der Waals surface area contributed by atoms with Gasteiger partial charge in [0.15, 0.2) is 0 Å². The smallest absolute Gasteiger partial charge is 0.224 e. The summed E-state index contributed by atoms with van der Waals surface area (Å²) in [5, 5.41) is 7.90. The monoisotopic (exact) mass is 217 g/mol. The van der Waals surface area contributed by atoms with Crippen molar-refractivity contribution in [2.24, 2.45) is 5.41 Å². The van der Waals surface area contributed by atoms with Gasteiger partial charge in [-0.3, -0.25) is 0 Å². The summed E-state index contributed by atoms with van der Waals surface area (Å²) in [6.07, 6.45) is 2.63. The summed E-state index contributed by atoms with van der Waals surface area (Å²) in [5.74, 6) is 0. The van der Waals surface area contributed by atoms with Crippen molar-refractivity contribution in [1.82, 2.24) is 14.8 Å². The molecule has 1 aromatic rings. The first-order chi connectivity index (χ1) is 6.55. The van der Waals surface area contributed by atoms with E-state index >= 15 is 0 Å². The number of ether oxygens (including phenoxy) is 1. The second kappa shape index (κ2) is 4.75. The number of nitrogens with zero attached hydrogens (tertiary/aromatic N) is 3. The van der Waals surface area contributed by atoms with Crippen LogP contribution in [0.4, 0.5) is 0 Å². The molecule has 0 aliphatic heterocycles. The van der Waals surface area contributed by atoms with Crippen molar-refractivity contribution >= 4 is 11.6 Å². The van der Waals surface area contributed by atoms with Gasteiger partial charge in [0.1, 0.15) is 6.33 Å². The zero-order valence-corrected chi connectivity index (χ0v) is 9.58. The predicted octanol–water partition coefficient (Wildman–Crippen LogP) is 1.99. The van der Waals surface area contributed by atoms with Crippen LogP contribution < -0.4 is 0 Å². The molecule has 0 bridgehead atoms. The maximum absolute atomic E-state index is 5.84. The molecule has 0 atom stereocenters. The van der Waals surface area contributed by atoms with Crippen LogP contribution in [0.3, 0.4) is 0 Å². The summed E-state index contributed by atoms with van der Waals surface area (Å²) in [4.78, 5) is 0. The number of halogens is 1. The van der Waals surface area contributed by atoms with Gasteiger partial charge in [-0.1, -0.05) is 13.8 Å². The largest absolute Gasteiger partial charge is 0.385 e. The molecule has 14 heavy (non-hydrogen) atoms. The van der Waals surface area contributed by atoms with Crippen molar-refractivity contribution in [3.8, 4) is 0 Å². The normalized spacial score (nSPS) is 12.0. The van der Waals surface area contributed by atoms with Gasteiger partial charge in [0, 0.05) is 20.3 Å². The van der Waals surface area contributed by atoms with Crippen molar-refractivity contribution in [2.75, 3.05) is 13.7 Å². The number of rotatable bonds is 5. The number of aromatic nitrogens is 3. The van der Waals surface area contributed by atoms with E-state index in [-0.39, 0.29) is 5.41 Å². The zero-order valence-electron chi connectivity index (χ0n) is 8.83. The highest BCUT2D eigenvalue weighted by molar-refractivity contribution is 6.28. The molecular weight excluding hydrogens is 202 g/mol. The molecule has 0 unspecified atom stereocenters.